The van der Waals surface area contributed by atoms with Gasteiger partial charge in [0.05, 0.1) is 7.11 Å². The van der Waals surface area contributed by atoms with Crippen LogP contribution in [0.3, 0.4) is 0 Å². The van der Waals surface area contributed by atoms with Gasteiger partial charge in [-0.15, -0.1) is 0 Å². The lowest BCUT2D eigenvalue weighted by Crippen LogP contribution is -2.28. The maximum atomic E-state index is 13.0. The van der Waals surface area contributed by atoms with Crippen LogP contribution in [0.2, 0.25) is 0 Å². The van der Waals surface area contributed by atoms with Crippen LogP contribution in [-0.2, 0) is 12.8 Å². The smallest absolute Gasteiger partial charge is 0.123 e. The summed E-state index contributed by atoms with van der Waals surface area (Å²) in [5, 5.41) is 0. The predicted molar refractivity (Wildman–Crippen MR) is 96.3 cm³/mol. The summed E-state index contributed by atoms with van der Waals surface area (Å²) in [5.41, 5.74) is 4.12. The van der Waals surface area contributed by atoms with E-state index in [1.54, 1.807) is 19.2 Å². The molecule has 0 saturated heterocycles. The number of likely N-dealkylation sites (N-methyl/N-ethyl adjacent to an activating group) is 1. The van der Waals surface area contributed by atoms with E-state index in [-0.39, 0.29) is 5.82 Å². The Hall–Kier alpha value is -1.87. The number of halogens is 1. The van der Waals surface area contributed by atoms with Crippen molar-refractivity contribution in [2.45, 2.75) is 31.6 Å². The molecule has 24 heavy (non-hydrogen) atoms. The summed E-state index contributed by atoms with van der Waals surface area (Å²) in [5.74, 6) is 1.39. The number of aryl methyl sites for hydroxylation is 1. The van der Waals surface area contributed by atoms with Crippen LogP contribution in [0, 0.1) is 5.82 Å². The Balaban J connectivity index is 1.59. The van der Waals surface area contributed by atoms with Crippen molar-refractivity contribution in [3.63, 3.8) is 0 Å². The highest BCUT2D eigenvalue weighted by Gasteiger charge is 2.21. The van der Waals surface area contributed by atoms with Gasteiger partial charge in [0.1, 0.15) is 11.6 Å². The van der Waals surface area contributed by atoms with Gasteiger partial charge in [0.2, 0.25) is 0 Å². The molecule has 128 valence electrons. The van der Waals surface area contributed by atoms with Crippen molar-refractivity contribution in [2.75, 3.05) is 27.2 Å². The monoisotopic (exact) mass is 327 g/mol. The molecule has 2 nitrogen and oxygen atoms in total. The third kappa shape index (κ3) is 4.15. The molecule has 0 amide bonds. The van der Waals surface area contributed by atoms with Crippen LogP contribution in [0.1, 0.15) is 35.4 Å². The Morgan fingerprint density at radius 3 is 2.71 bits per heavy atom. The summed E-state index contributed by atoms with van der Waals surface area (Å²) >= 11 is 0. The fraction of sp³-hybridized carbons (Fsp3) is 0.429. The molecule has 1 atom stereocenters. The minimum atomic E-state index is -0.165. The number of benzene rings is 2. The standard InChI is InChI=1S/C21H26FNO/c1-23(13-12-16-6-8-19(22)9-7-16)15-18-5-3-4-17-14-20(24-2)10-11-21(17)18/h6-11,14,18H,3-5,12-13,15H2,1-2H3. The van der Waals surface area contributed by atoms with Crippen molar-refractivity contribution in [2.24, 2.45) is 0 Å². The second-order valence-corrected chi connectivity index (χ2v) is 6.79. The molecule has 1 aliphatic rings. The van der Waals surface area contributed by atoms with Crippen LogP contribution in [-0.4, -0.2) is 32.1 Å². The average Bonchev–Trinajstić information content (AvgIpc) is 2.61. The summed E-state index contributed by atoms with van der Waals surface area (Å²) < 4.78 is 18.3. The summed E-state index contributed by atoms with van der Waals surface area (Å²) in [4.78, 5) is 2.40. The van der Waals surface area contributed by atoms with Crippen molar-refractivity contribution in [1.29, 1.82) is 0 Å². The molecule has 1 aliphatic carbocycles. The van der Waals surface area contributed by atoms with Gasteiger partial charge in [-0.1, -0.05) is 18.2 Å². The second-order valence-electron chi connectivity index (χ2n) is 6.79. The molecule has 0 fully saturated rings. The van der Waals surface area contributed by atoms with Gasteiger partial charge in [-0.05, 0) is 79.6 Å². The minimum Gasteiger partial charge on any atom is -0.497 e. The molecular formula is C21H26FNO. The van der Waals surface area contributed by atoms with Gasteiger partial charge < -0.3 is 9.64 Å². The van der Waals surface area contributed by atoms with Crippen LogP contribution in [0.4, 0.5) is 4.39 Å². The topological polar surface area (TPSA) is 12.5 Å². The third-order valence-corrected chi connectivity index (χ3v) is 5.02. The third-order valence-electron chi connectivity index (χ3n) is 5.02. The molecule has 1 unspecified atom stereocenters. The average molecular weight is 327 g/mol. The van der Waals surface area contributed by atoms with E-state index in [9.17, 15) is 4.39 Å². The zero-order valence-electron chi connectivity index (χ0n) is 14.6. The highest BCUT2D eigenvalue weighted by atomic mass is 19.1. The van der Waals surface area contributed by atoms with Crippen molar-refractivity contribution in [1.82, 2.24) is 4.90 Å². The van der Waals surface area contributed by atoms with Crippen LogP contribution in [0.5, 0.6) is 5.75 Å². The lowest BCUT2D eigenvalue weighted by Gasteiger charge is -2.29. The number of fused-ring (bicyclic) bond motifs is 1. The quantitative estimate of drug-likeness (QED) is 0.778. The first-order valence-corrected chi connectivity index (χ1v) is 8.75. The largest absolute Gasteiger partial charge is 0.497 e. The lowest BCUT2D eigenvalue weighted by molar-refractivity contribution is 0.300. The Bertz CT molecular complexity index is 668. The first kappa shape index (κ1) is 17.0. The molecule has 3 heteroatoms. The molecule has 0 radical (unpaired) electrons. The summed E-state index contributed by atoms with van der Waals surface area (Å²) in [6, 6.07) is 13.4. The number of methoxy groups -OCH3 is 1. The van der Waals surface area contributed by atoms with Crippen molar-refractivity contribution in [3.8, 4) is 5.75 Å². The van der Waals surface area contributed by atoms with Gasteiger partial charge >= 0.3 is 0 Å². The van der Waals surface area contributed by atoms with Crippen molar-refractivity contribution >= 4 is 0 Å². The van der Waals surface area contributed by atoms with Crippen LogP contribution >= 0.6 is 0 Å². The Morgan fingerprint density at radius 1 is 1.17 bits per heavy atom. The van der Waals surface area contributed by atoms with Gasteiger partial charge in [-0.25, -0.2) is 4.39 Å². The van der Waals surface area contributed by atoms with E-state index in [4.69, 9.17) is 4.74 Å². The predicted octanol–water partition coefficient (Wildman–Crippen LogP) is 4.43. The van der Waals surface area contributed by atoms with Crippen molar-refractivity contribution in [3.05, 3.63) is 65.0 Å². The van der Waals surface area contributed by atoms with Crippen LogP contribution in [0.15, 0.2) is 42.5 Å². The van der Waals surface area contributed by atoms with Crippen LogP contribution in [0.25, 0.3) is 0 Å². The zero-order valence-corrected chi connectivity index (χ0v) is 14.6. The fourth-order valence-corrected chi connectivity index (χ4v) is 3.65. The molecule has 0 aliphatic heterocycles. The van der Waals surface area contributed by atoms with E-state index in [2.05, 4.69) is 30.1 Å². The molecular weight excluding hydrogens is 301 g/mol. The SMILES string of the molecule is COc1ccc2c(c1)CCCC2CN(C)CCc1ccc(F)cc1. The molecule has 0 bridgehead atoms. The van der Waals surface area contributed by atoms with Crippen molar-refractivity contribution < 1.29 is 9.13 Å². The maximum Gasteiger partial charge on any atom is 0.123 e. The lowest BCUT2D eigenvalue weighted by atomic mass is 9.82. The Morgan fingerprint density at radius 2 is 1.96 bits per heavy atom. The summed E-state index contributed by atoms with van der Waals surface area (Å²) in [6.07, 6.45) is 4.61. The zero-order chi connectivity index (χ0) is 16.9. The molecule has 2 aromatic rings. The van der Waals surface area contributed by atoms with E-state index in [0.717, 1.165) is 31.7 Å². The molecule has 0 spiro atoms. The fourth-order valence-electron chi connectivity index (χ4n) is 3.65. The molecule has 0 N–H and O–H groups in total. The Labute approximate surface area is 144 Å². The van der Waals surface area contributed by atoms with Crippen LogP contribution < -0.4 is 4.74 Å². The first-order valence-electron chi connectivity index (χ1n) is 8.75. The Kier molecular flexibility index (Phi) is 5.52. The minimum absolute atomic E-state index is 0.165. The summed E-state index contributed by atoms with van der Waals surface area (Å²) in [7, 11) is 3.91. The molecule has 2 aromatic carbocycles. The second kappa shape index (κ2) is 7.80. The van der Waals surface area contributed by atoms with Gasteiger partial charge in [-0.3, -0.25) is 0 Å². The number of hydrogen-bond acceptors (Lipinski definition) is 2. The normalized spacial score (nSPS) is 16.9. The first-order chi connectivity index (χ1) is 11.7. The molecule has 0 aromatic heterocycles. The van der Waals surface area contributed by atoms with Gasteiger partial charge in [0.15, 0.2) is 0 Å². The number of nitrogens with zero attached hydrogens (tertiary/aromatic N) is 1. The summed E-state index contributed by atoms with van der Waals surface area (Å²) in [6.45, 7) is 2.06. The highest BCUT2D eigenvalue weighted by molar-refractivity contribution is 5.39. The van der Waals surface area contributed by atoms with E-state index < -0.39 is 0 Å². The molecule has 3 rings (SSSR count). The van der Waals surface area contributed by atoms with Gasteiger partial charge in [-0.2, -0.15) is 0 Å². The van der Waals surface area contributed by atoms with E-state index in [1.165, 1.54) is 29.5 Å². The highest BCUT2D eigenvalue weighted by Crippen LogP contribution is 2.34. The molecule has 0 saturated carbocycles. The number of hydrogen-bond donors (Lipinski definition) is 0. The number of ether oxygens (including phenoxy) is 1. The molecule has 0 heterocycles. The maximum absolute atomic E-state index is 13.0. The van der Waals surface area contributed by atoms with E-state index in [1.807, 2.05) is 12.1 Å². The van der Waals surface area contributed by atoms with E-state index in [0.29, 0.717) is 5.92 Å². The van der Waals surface area contributed by atoms with Gasteiger partial charge in [0, 0.05) is 13.1 Å². The number of rotatable bonds is 6. The van der Waals surface area contributed by atoms with Gasteiger partial charge in [0.25, 0.3) is 0 Å². The van der Waals surface area contributed by atoms with E-state index >= 15 is 0 Å².